The lowest BCUT2D eigenvalue weighted by Crippen LogP contribution is -2.34. The van der Waals surface area contributed by atoms with Crippen molar-refractivity contribution < 1.29 is 14.3 Å². The van der Waals surface area contributed by atoms with Crippen LogP contribution in [0.2, 0.25) is 5.02 Å². The second kappa shape index (κ2) is 7.04. The van der Waals surface area contributed by atoms with Gasteiger partial charge < -0.3 is 10.1 Å². The average molecular weight is 360 g/mol. The summed E-state index contributed by atoms with van der Waals surface area (Å²) >= 11 is 6.17. The topological polar surface area (TPSA) is 55.4 Å². The second-order valence-corrected chi connectivity index (χ2v) is 7.21. The fourth-order valence-corrected chi connectivity index (χ4v) is 3.75. The molecule has 1 N–H and O–H groups in total. The van der Waals surface area contributed by atoms with Gasteiger partial charge in [0.15, 0.2) is 5.78 Å². The van der Waals surface area contributed by atoms with Gasteiger partial charge >= 0.3 is 5.97 Å². The van der Waals surface area contributed by atoms with Crippen LogP contribution in [0.4, 0.5) is 0 Å². The van der Waals surface area contributed by atoms with Crippen molar-refractivity contribution in [2.45, 2.75) is 52.1 Å². The Morgan fingerprint density at radius 1 is 1.32 bits per heavy atom. The summed E-state index contributed by atoms with van der Waals surface area (Å²) in [4.78, 5) is 25.5. The van der Waals surface area contributed by atoms with Crippen molar-refractivity contribution in [2.75, 3.05) is 0 Å². The number of carbonyl (C=O) groups excluding carboxylic acids is 2. The molecule has 1 aromatic rings. The number of allylic oxidation sites excluding steroid dienone is 3. The quantitative estimate of drug-likeness (QED) is 0.819. The summed E-state index contributed by atoms with van der Waals surface area (Å²) < 4.78 is 5.45. The lowest BCUT2D eigenvalue weighted by Gasteiger charge is -2.34. The van der Waals surface area contributed by atoms with E-state index in [1.54, 1.807) is 6.07 Å². The fourth-order valence-electron chi connectivity index (χ4n) is 3.55. The number of halogens is 1. The summed E-state index contributed by atoms with van der Waals surface area (Å²) in [5.41, 5.74) is 3.66. The molecule has 1 aliphatic heterocycles. The highest BCUT2D eigenvalue weighted by Crippen LogP contribution is 2.42. The molecule has 0 unspecified atom stereocenters. The van der Waals surface area contributed by atoms with E-state index in [0.717, 1.165) is 29.8 Å². The number of hydrogen-bond acceptors (Lipinski definition) is 4. The number of benzene rings is 1. The van der Waals surface area contributed by atoms with Crippen molar-refractivity contribution in [3.05, 3.63) is 57.4 Å². The molecule has 0 amide bonds. The van der Waals surface area contributed by atoms with Crippen LogP contribution in [0.25, 0.3) is 0 Å². The number of rotatable bonds is 3. The molecule has 0 radical (unpaired) electrons. The smallest absolute Gasteiger partial charge is 0.337 e. The lowest BCUT2D eigenvalue weighted by atomic mass is 9.75. The summed E-state index contributed by atoms with van der Waals surface area (Å²) in [5, 5.41) is 3.85. The van der Waals surface area contributed by atoms with E-state index in [9.17, 15) is 9.59 Å². The Hall–Kier alpha value is -2.07. The maximum Gasteiger partial charge on any atom is 0.337 e. The van der Waals surface area contributed by atoms with Crippen LogP contribution >= 0.6 is 11.6 Å². The molecule has 1 aliphatic carbocycles. The Bertz CT molecular complexity index is 792. The zero-order chi connectivity index (χ0) is 18.1. The van der Waals surface area contributed by atoms with E-state index in [1.165, 1.54) is 0 Å². The molecule has 0 fully saturated rings. The number of esters is 1. The van der Waals surface area contributed by atoms with Crippen LogP contribution in [0.5, 0.6) is 0 Å². The Morgan fingerprint density at radius 2 is 2.08 bits per heavy atom. The minimum atomic E-state index is -0.436. The van der Waals surface area contributed by atoms with Crippen LogP contribution in [0.1, 0.15) is 51.5 Å². The molecule has 0 aromatic heterocycles. The number of ether oxygens (including phenoxy) is 1. The van der Waals surface area contributed by atoms with Crippen LogP contribution in [-0.4, -0.2) is 17.9 Å². The standard InChI is InChI=1S/C20H22ClNO3/c1-11(2)25-20(24)17-12(3)22-15-8-5-9-16(23)19(15)18(17)13-6-4-7-14(21)10-13/h4,6-7,10-11,18,22H,5,8-9H2,1-3H3/t18-/m1/s1. The van der Waals surface area contributed by atoms with E-state index >= 15 is 0 Å². The monoisotopic (exact) mass is 359 g/mol. The van der Waals surface area contributed by atoms with Gasteiger partial charge in [-0.05, 0) is 51.3 Å². The molecule has 0 spiro atoms. The number of nitrogens with one attached hydrogen (secondary N) is 1. The molecule has 3 rings (SSSR count). The molecule has 1 heterocycles. The molecule has 25 heavy (non-hydrogen) atoms. The van der Waals surface area contributed by atoms with Crippen molar-refractivity contribution in [3.63, 3.8) is 0 Å². The predicted molar refractivity (Wildman–Crippen MR) is 97.1 cm³/mol. The molecular formula is C20H22ClNO3. The highest BCUT2D eigenvalue weighted by Gasteiger charge is 2.39. The maximum atomic E-state index is 12.8. The summed E-state index contributed by atoms with van der Waals surface area (Å²) in [6.45, 7) is 5.49. The number of dihydropyridines is 1. The van der Waals surface area contributed by atoms with Crippen LogP contribution in [0.3, 0.4) is 0 Å². The molecule has 4 nitrogen and oxygen atoms in total. The van der Waals surface area contributed by atoms with Crippen LogP contribution < -0.4 is 5.32 Å². The first-order chi connectivity index (χ1) is 11.9. The van der Waals surface area contributed by atoms with Gasteiger partial charge in [0, 0.05) is 34.3 Å². The van der Waals surface area contributed by atoms with Gasteiger partial charge in [-0.15, -0.1) is 0 Å². The first kappa shape index (κ1) is 17.7. The minimum Gasteiger partial charge on any atom is -0.460 e. The molecule has 0 bridgehead atoms. The Balaban J connectivity index is 2.15. The van der Waals surface area contributed by atoms with Crippen molar-refractivity contribution in [1.82, 2.24) is 5.32 Å². The Morgan fingerprint density at radius 3 is 2.76 bits per heavy atom. The zero-order valence-corrected chi connectivity index (χ0v) is 15.4. The van der Waals surface area contributed by atoms with Crippen molar-refractivity contribution in [2.24, 2.45) is 0 Å². The van der Waals surface area contributed by atoms with E-state index < -0.39 is 11.9 Å². The highest BCUT2D eigenvalue weighted by atomic mass is 35.5. The Labute approximate surface area is 152 Å². The van der Waals surface area contributed by atoms with Crippen molar-refractivity contribution >= 4 is 23.4 Å². The molecule has 5 heteroatoms. The van der Waals surface area contributed by atoms with Crippen LogP contribution in [0.15, 0.2) is 46.8 Å². The summed E-state index contributed by atoms with van der Waals surface area (Å²) in [5.74, 6) is -0.745. The SMILES string of the molecule is CC1=C(C(=O)OC(C)C)[C@@H](c2cccc(Cl)c2)C2=C(CCCC2=O)N1. The van der Waals surface area contributed by atoms with Gasteiger partial charge in [0.2, 0.25) is 0 Å². The second-order valence-electron chi connectivity index (χ2n) is 6.77. The molecule has 1 atom stereocenters. The van der Waals surface area contributed by atoms with E-state index in [-0.39, 0.29) is 11.9 Å². The van der Waals surface area contributed by atoms with E-state index in [1.807, 2.05) is 39.0 Å². The van der Waals surface area contributed by atoms with E-state index in [4.69, 9.17) is 16.3 Å². The van der Waals surface area contributed by atoms with Crippen molar-refractivity contribution in [3.8, 4) is 0 Å². The van der Waals surface area contributed by atoms with Gasteiger partial charge in [-0.25, -0.2) is 4.79 Å². The third-order valence-corrected chi connectivity index (χ3v) is 4.76. The average Bonchev–Trinajstić information content (AvgIpc) is 2.53. The summed E-state index contributed by atoms with van der Waals surface area (Å²) in [7, 11) is 0. The first-order valence-corrected chi connectivity index (χ1v) is 8.96. The third-order valence-electron chi connectivity index (χ3n) is 4.52. The predicted octanol–water partition coefficient (Wildman–Crippen LogP) is 4.26. The number of Topliss-reactive ketones (excluding diaryl/α,β-unsaturated/α-hetero) is 1. The molecule has 0 saturated heterocycles. The van der Waals surface area contributed by atoms with Crippen molar-refractivity contribution in [1.29, 1.82) is 0 Å². The maximum absolute atomic E-state index is 12.8. The molecule has 1 aromatic carbocycles. The summed E-state index contributed by atoms with van der Waals surface area (Å²) in [6, 6.07) is 7.35. The third kappa shape index (κ3) is 3.49. The lowest BCUT2D eigenvalue weighted by molar-refractivity contribution is -0.143. The normalized spacial score (nSPS) is 20.5. The van der Waals surface area contributed by atoms with Gasteiger partial charge in [-0.1, -0.05) is 23.7 Å². The highest BCUT2D eigenvalue weighted by molar-refractivity contribution is 6.30. The molecular weight excluding hydrogens is 338 g/mol. The molecule has 2 aliphatic rings. The number of carbonyl (C=O) groups is 2. The van der Waals surface area contributed by atoms with E-state index in [2.05, 4.69) is 5.32 Å². The van der Waals surface area contributed by atoms with Gasteiger partial charge in [-0.3, -0.25) is 4.79 Å². The van der Waals surface area contributed by atoms with Gasteiger partial charge in [0.25, 0.3) is 0 Å². The molecule has 0 saturated carbocycles. The largest absolute Gasteiger partial charge is 0.460 e. The summed E-state index contributed by atoms with van der Waals surface area (Å²) in [6.07, 6.45) is 1.90. The van der Waals surface area contributed by atoms with Crippen LogP contribution in [-0.2, 0) is 14.3 Å². The molecule has 132 valence electrons. The van der Waals surface area contributed by atoms with Gasteiger partial charge in [0.1, 0.15) is 0 Å². The Kier molecular flexibility index (Phi) is 5.00. The van der Waals surface area contributed by atoms with E-state index in [0.29, 0.717) is 22.6 Å². The minimum absolute atomic E-state index is 0.0843. The van der Waals surface area contributed by atoms with Gasteiger partial charge in [0.05, 0.1) is 11.7 Å². The zero-order valence-electron chi connectivity index (χ0n) is 14.7. The van der Waals surface area contributed by atoms with Gasteiger partial charge in [-0.2, -0.15) is 0 Å². The number of ketones is 1. The first-order valence-electron chi connectivity index (χ1n) is 8.59. The van der Waals surface area contributed by atoms with Crippen LogP contribution in [0, 0.1) is 0 Å². The number of hydrogen-bond donors (Lipinski definition) is 1. The fraction of sp³-hybridized carbons (Fsp3) is 0.400.